The number of aliphatic hydroxyl groups is 1. The van der Waals surface area contributed by atoms with E-state index in [0.29, 0.717) is 0 Å². The molecule has 0 amide bonds. The highest BCUT2D eigenvalue weighted by molar-refractivity contribution is 5.90. The number of nitrogens with one attached hydrogen (secondary N) is 1. The van der Waals surface area contributed by atoms with Crippen molar-refractivity contribution in [2.45, 2.75) is 24.5 Å². The Morgan fingerprint density at radius 1 is 0.879 bits per heavy atom. The molecule has 0 spiro atoms. The Labute approximate surface area is 187 Å². The van der Waals surface area contributed by atoms with E-state index >= 15 is 0 Å². The van der Waals surface area contributed by atoms with Crippen LogP contribution in [0.25, 0.3) is 0 Å². The minimum absolute atomic E-state index is 0.227. The molecule has 1 fully saturated rings. The minimum Gasteiger partial charge on any atom is -0.452 e. The number of carbonyl (C=O) groups excluding carboxylic acids is 2. The zero-order chi connectivity index (χ0) is 23.4. The molecule has 3 aromatic rings. The third-order valence-electron chi connectivity index (χ3n) is 5.10. The molecule has 1 aliphatic rings. The number of ether oxygens (including phenoxy) is 3. The van der Waals surface area contributed by atoms with E-state index in [1.807, 2.05) is 0 Å². The van der Waals surface area contributed by atoms with Crippen molar-refractivity contribution in [2.75, 3.05) is 6.61 Å². The fourth-order valence-corrected chi connectivity index (χ4v) is 3.51. The van der Waals surface area contributed by atoms with Crippen LogP contribution in [0.2, 0.25) is 0 Å². The largest absolute Gasteiger partial charge is 0.452 e. The van der Waals surface area contributed by atoms with Crippen LogP contribution in [0.15, 0.2) is 82.5 Å². The van der Waals surface area contributed by atoms with Gasteiger partial charge in [0, 0.05) is 12.3 Å². The first kappa shape index (κ1) is 22.2. The van der Waals surface area contributed by atoms with Gasteiger partial charge < -0.3 is 19.3 Å². The van der Waals surface area contributed by atoms with Crippen LogP contribution in [-0.2, 0) is 14.2 Å². The lowest BCUT2D eigenvalue weighted by atomic mass is 10.1. The minimum atomic E-state index is -1.30. The van der Waals surface area contributed by atoms with Crippen molar-refractivity contribution in [1.82, 2.24) is 9.55 Å². The van der Waals surface area contributed by atoms with Crippen LogP contribution < -0.4 is 11.2 Å². The van der Waals surface area contributed by atoms with Crippen molar-refractivity contribution in [3.63, 3.8) is 0 Å². The van der Waals surface area contributed by atoms with Crippen LogP contribution in [0.4, 0.5) is 0 Å². The van der Waals surface area contributed by atoms with Gasteiger partial charge in [-0.15, -0.1) is 0 Å². The van der Waals surface area contributed by atoms with Crippen molar-refractivity contribution in [3.05, 3.63) is 105 Å². The van der Waals surface area contributed by atoms with E-state index in [1.54, 1.807) is 48.5 Å². The van der Waals surface area contributed by atoms with Crippen LogP contribution in [0.3, 0.4) is 0 Å². The van der Waals surface area contributed by atoms with E-state index < -0.39 is 54.3 Å². The molecule has 2 aromatic carbocycles. The smallest absolute Gasteiger partial charge is 0.338 e. The van der Waals surface area contributed by atoms with Crippen molar-refractivity contribution >= 4 is 11.9 Å². The van der Waals surface area contributed by atoms with Gasteiger partial charge in [0.25, 0.3) is 5.56 Å². The molecule has 33 heavy (non-hydrogen) atoms. The monoisotopic (exact) mass is 452 g/mol. The lowest BCUT2D eigenvalue weighted by Gasteiger charge is -2.24. The summed E-state index contributed by atoms with van der Waals surface area (Å²) in [6, 6.07) is 17.3. The van der Waals surface area contributed by atoms with Crippen molar-refractivity contribution in [3.8, 4) is 0 Å². The summed E-state index contributed by atoms with van der Waals surface area (Å²) >= 11 is 0. The van der Waals surface area contributed by atoms with Gasteiger partial charge in [0.05, 0.1) is 17.7 Å². The first-order valence-electron chi connectivity index (χ1n) is 10.1. The lowest BCUT2D eigenvalue weighted by molar-refractivity contribution is -0.0604. The summed E-state index contributed by atoms with van der Waals surface area (Å²) < 4.78 is 18.0. The number of rotatable bonds is 6. The number of H-pyrrole nitrogens is 1. The predicted molar refractivity (Wildman–Crippen MR) is 114 cm³/mol. The summed E-state index contributed by atoms with van der Waals surface area (Å²) in [5, 5.41) is 9.86. The Bertz CT molecular complexity index is 1240. The Hall–Kier alpha value is -4.02. The van der Waals surface area contributed by atoms with Crippen molar-refractivity contribution < 1.29 is 28.9 Å². The van der Waals surface area contributed by atoms with Crippen LogP contribution in [0.5, 0.6) is 0 Å². The Kier molecular flexibility index (Phi) is 6.48. The molecule has 2 heterocycles. The number of aliphatic hydroxyl groups excluding tert-OH is 1. The number of hydrogen-bond acceptors (Lipinski definition) is 8. The third-order valence-corrected chi connectivity index (χ3v) is 5.10. The lowest BCUT2D eigenvalue weighted by Crippen LogP contribution is -2.42. The van der Waals surface area contributed by atoms with Crippen molar-refractivity contribution in [2.24, 2.45) is 0 Å². The number of esters is 2. The second-order valence-corrected chi connectivity index (χ2v) is 7.24. The molecule has 10 nitrogen and oxygen atoms in total. The summed E-state index contributed by atoms with van der Waals surface area (Å²) in [5.74, 6) is -1.47. The molecule has 0 radical (unpaired) electrons. The van der Waals surface area contributed by atoms with Gasteiger partial charge in [-0.1, -0.05) is 36.4 Å². The second kappa shape index (κ2) is 9.63. The van der Waals surface area contributed by atoms with Crippen molar-refractivity contribution in [1.29, 1.82) is 0 Å². The maximum absolute atomic E-state index is 12.8. The maximum Gasteiger partial charge on any atom is 0.338 e. The van der Waals surface area contributed by atoms with Crippen LogP contribution in [0, 0.1) is 0 Å². The summed E-state index contributed by atoms with van der Waals surface area (Å²) in [6.07, 6.45) is -3.74. The first-order chi connectivity index (χ1) is 16.0. The molecule has 1 aliphatic heterocycles. The molecular weight excluding hydrogens is 432 g/mol. The molecule has 1 aromatic heterocycles. The number of aromatic nitrogens is 2. The number of aromatic amines is 1. The molecule has 10 heteroatoms. The highest BCUT2D eigenvalue weighted by atomic mass is 16.6. The van der Waals surface area contributed by atoms with Gasteiger partial charge in [-0.2, -0.15) is 0 Å². The fraction of sp³-hybridized carbons (Fsp3) is 0.217. The van der Waals surface area contributed by atoms with Gasteiger partial charge in [-0.25, -0.2) is 14.4 Å². The quantitative estimate of drug-likeness (QED) is 0.526. The fourth-order valence-electron chi connectivity index (χ4n) is 3.51. The summed E-state index contributed by atoms with van der Waals surface area (Å²) in [6.45, 7) is -0.583. The molecule has 0 bridgehead atoms. The number of nitrogens with zero attached hydrogens (tertiary/aromatic N) is 1. The molecule has 4 atom stereocenters. The average molecular weight is 452 g/mol. The Balaban J connectivity index is 1.70. The van der Waals surface area contributed by atoms with E-state index in [9.17, 15) is 24.3 Å². The van der Waals surface area contributed by atoms with Gasteiger partial charge in [-0.05, 0) is 24.3 Å². The van der Waals surface area contributed by atoms with E-state index in [-0.39, 0.29) is 11.1 Å². The second-order valence-electron chi connectivity index (χ2n) is 7.24. The number of hydrogen-bond donors (Lipinski definition) is 2. The number of carbonyl (C=O) groups is 2. The average Bonchev–Trinajstić information content (AvgIpc) is 3.16. The Morgan fingerprint density at radius 2 is 1.42 bits per heavy atom. The summed E-state index contributed by atoms with van der Waals surface area (Å²) in [5.41, 5.74) is -0.976. The normalized spacial score (nSPS) is 22.0. The van der Waals surface area contributed by atoms with E-state index in [1.165, 1.54) is 18.3 Å². The predicted octanol–water partition coefficient (Wildman–Crippen LogP) is 0.877. The maximum atomic E-state index is 12.8. The van der Waals surface area contributed by atoms with E-state index in [4.69, 9.17) is 14.2 Å². The number of benzene rings is 2. The molecule has 4 rings (SSSR count). The van der Waals surface area contributed by atoms with E-state index in [2.05, 4.69) is 4.98 Å². The Morgan fingerprint density at radius 3 is 1.94 bits per heavy atom. The molecule has 0 aliphatic carbocycles. The highest BCUT2D eigenvalue weighted by Gasteiger charge is 2.50. The molecule has 2 N–H and O–H groups in total. The van der Waals surface area contributed by atoms with Gasteiger partial charge in [-0.3, -0.25) is 14.3 Å². The topological polar surface area (TPSA) is 137 Å². The standard InChI is InChI=1S/C23H20N2O8/c26-13-16-18(32-21(28)14-7-3-1-4-8-14)19(33-22(29)15-9-5-2-6-10-15)20(31-16)25-12-11-17(27)24-23(25)30/h1-12,16,18-20,26H,13H2,(H,24,27,30)/t16?,18-,19-,20-/m1/s1. The van der Waals surface area contributed by atoms with Crippen LogP contribution in [0.1, 0.15) is 26.9 Å². The molecular formula is C23H20N2O8. The van der Waals surface area contributed by atoms with Crippen LogP contribution >= 0.6 is 0 Å². The SMILES string of the molecule is O=C(O[C@@H]1[C@H](OC(=O)c2ccccc2)C(CO)O[C@H]1n1ccc(=O)[nH]c1=O)c1ccccc1. The molecule has 170 valence electrons. The first-order valence-corrected chi connectivity index (χ1v) is 10.1. The molecule has 0 saturated carbocycles. The zero-order valence-electron chi connectivity index (χ0n) is 17.2. The van der Waals surface area contributed by atoms with Gasteiger partial charge >= 0.3 is 17.6 Å². The molecule has 1 saturated heterocycles. The van der Waals surface area contributed by atoms with E-state index in [0.717, 1.165) is 10.6 Å². The summed E-state index contributed by atoms with van der Waals surface area (Å²) in [4.78, 5) is 51.5. The van der Waals surface area contributed by atoms with Gasteiger partial charge in [0.1, 0.15) is 6.10 Å². The van der Waals surface area contributed by atoms with Crippen LogP contribution in [-0.4, -0.2) is 51.5 Å². The summed E-state index contributed by atoms with van der Waals surface area (Å²) in [7, 11) is 0. The third kappa shape index (κ3) is 4.76. The highest BCUT2D eigenvalue weighted by Crippen LogP contribution is 2.34. The van der Waals surface area contributed by atoms with Gasteiger partial charge in [0.15, 0.2) is 18.4 Å². The van der Waals surface area contributed by atoms with Gasteiger partial charge in [0.2, 0.25) is 0 Å². The molecule has 1 unspecified atom stereocenters. The zero-order valence-corrected chi connectivity index (χ0v) is 17.2.